The predicted octanol–water partition coefficient (Wildman–Crippen LogP) is 1.44. The Hall–Kier alpha value is 0.516. The van der Waals surface area contributed by atoms with Crippen molar-refractivity contribution in [1.82, 2.24) is 13.4 Å². The van der Waals surface area contributed by atoms with Crippen LogP contribution in [-0.4, -0.2) is 84.2 Å². The molecule has 0 fully saturated rings. The zero-order valence-electron chi connectivity index (χ0n) is 12.2. The van der Waals surface area contributed by atoms with Gasteiger partial charge in [0.25, 0.3) is 0 Å². The third kappa shape index (κ3) is 7.74. The number of hydrogen-bond acceptors (Lipinski definition) is 3. The Morgan fingerprint density at radius 1 is 0.688 bits per heavy atom. The Bertz CT molecular complexity index is 146. The molecule has 4 heteroatoms. The van der Waals surface area contributed by atoms with Crippen LogP contribution in [-0.2, 0) is 0 Å². The fourth-order valence-corrected chi connectivity index (χ4v) is 7.33. The average Bonchev–Trinajstić information content (AvgIpc) is 2.22. The van der Waals surface area contributed by atoms with Crippen molar-refractivity contribution >= 4 is 16.5 Å². The summed E-state index contributed by atoms with van der Waals surface area (Å²) in [5, 5.41) is 0. The van der Waals surface area contributed by atoms with Gasteiger partial charge in [0.15, 0.2) is 0 Å². The number of rotatable bonds is 9. The Morgan fingerprint density at radius 3 is 1.31 bits per heavy atom. The van der Waals surface area contributed by atoms with Crippen molar-refractivity contribution in [3.63, 3.8) is 0 Å². The maximum absolute atomic E-state index is 2.83. The molecule has 16 heavy (non-hydrogen) atoms. The molecule has 0 aliphatic carbocycles. The summed E-state index contributed by atoms with van der Waals surface area (Å²) in [5.74, 6) is 0. The molecule has 0 heterocycles. The summed E-state index contributed by atoms with van der Waals surface area (Å²) >= 11 is -1.13. The van der Waals surface area contributed by atoms with Crippen LogP contribution in [0.1, 0.15) is 13.8 Å². The fraction of sp³-hybridized carbons (Fsp3) is 1.00. The van der Waals surface area contributed by atoms with E-state index >= 15 is 0 Å². The van der Waals surface area contributed by atoms with Crippen LogP contribution >= 0.6 is 0 Å². The molecular weight excluding hydrogens is 256 g/mol. The molecule has 3 nitrogen and oxygen atoms in total. The molecule has 0 amide bonds. The van der Waals surface area contributed by atoms with Crippen LogP contribution in [0.5, 0.6) is 0 Å². The summed E-state index contributed by atoms with van der Waals surface area (Å²) in [4.78, 5) is 7.50. The van der Waals surface area contributed by atoms with E-state index in [1.165, 1.54) is 36.1 Å². The van der Waals surface area contributed by atoms with Crippen LogP contribution < -0.4 is 0 Å². The molecule has 0 aromatic heterocycles. The third-order valence-corrected chi connectivity index (χ3v) is 10.3. The zero-order valence-corrected chi connectivity index (χ0v) is 14.6. The summed E-state index contributed by atoms with van der Waals surface area (Å²) < 4.78 is 2.83. The molecule has 0 atom stereocenters. The van der Waals surface area contributed by atoms with Gasteiger partial charge in [-0.3, -0.25) is 0 Å². The normalized spacial score (nSPS) is 11.8. The molecule has 0 aromatic carbocycles. The van der Waals surface area contributed by atoms with Gasteiger partial charge in [-0.25, -0.2) is 0 Å². The van der Waals surface area contributed by atoms with Gasteiger partial charge in [-0.15, -0.1) is 0 Å². The van der Waals surface area contributed by atoms with E-state index in [1.54, 1.807) is 0 Å². The molecule has 0 aliphatic rings. The standard InChI is InChI=1S/C8H20N3.2C2H5.Ga/c1-10(2)7-5-9-6-8-11(3)4;2*1-2;/h5-8H2,1-4H3;2*1H2,2H3;/q-1;;;+1. The van der Waals surface area contributed by atoms with Gasteiger partial charge in [-0.2, -0.15) is 0 Å². The minimum atomic E-state index is -1.13. The van der Waals surface area contributed by atoms with Crippen molar-refractivity contribution in [2.24, 2.45) is 0 Å². The molecule has 96 valence electrons. The molecule has 0 saturated carbocycles. The van der Waals surface area contributed by atoms with E-state index in [9.17, 15) is 0 Å². The molecule has 0 bridgehead atoms. The molecule has 0 rings (SSSR count). The Kier molecular flexibility index (Phi) is 9.84. The van der Waals surface area contributed by atoms with Gasteiger partial charge in [-0.1, -0.05) is 0 Å². The fourth-order valence-electron chi connectivity index (χ4n) is 1.94. The van der Waals surface area contributed by atoms with E-state index in [1.807, 2.05) is 0 Å². The van der Waals surface area contributed by atoms with Gasteiger partial charge in [0.1, 0.15) is 0 Å². The van der Waals surface area contributed by atoms with Crippen molar-refractivity contribution in [1.29, 1.82) is 0 Å². The van der Waals surface area contributed by atoms with Crippen molar-refractivity contribution in [2.45, 2.75) is 23.8 Å². The zero-order chi connectivity index (χ0) is 12.6. The summed E-state index contributed by atoms with van der Waals surface area (Å²) in [6.45, 7) is 9.71. The van der Waals surface area contributed by atoms with Gasteiger partial charge >= 0.3 is 108 Å². The van der Waals surface area contributed by atoms with Crippen LogP contribution in [0, 0.1) is 0 Å². The topological polar surface area (TPSA) is 9.72 Å². The predicted molar refractivity (Wildman–Crippen MR) is 75.4 cm³/mol. The second kappa shape index (κ2) is 9.54. The van der Waals surface area contributed by atoms with E-state index in [0.717, 1.165) is 0 Å². The first kappa shape index (κ1) is 16.5. The SMILES string of the molecule is C[CH2][Ga]([CH2]C)[N](CCN(C)C)CCN(C)C. The Labute approximate surface area is 108 Å². The third-order valence-electron chi connectivity index (χ3n) is 3.13. The second-order valence-corrected chi connectivity index (χ2v) is 12.8. The van der Waals surface area contributed by atoms with Gasteiger partial charge in [0.2, 0.25) is 0 Å². The summed E-state index contributed by atoms with van der Waals surface area (Å²) in [6, 6.07) is 0. The van der Waals surface area contributed by atoms with Crippen LogP contribution in [0.15, 0.2) is 0 Å². The van der Waals surface area contributed by atoms with Crippen LogP contribution in [0.2, 0.25) is 9.95 Å². The molecular formula is C12H30GaN3. The maximum atomic E-state index is 2.83. The summed E-state index contributed by atoms with van der Waals surface area (Å²) in [7, 11) is 8.68. The first-order valence-corrected chi connectivity index (χ1v) is 11.1. The van der Waals surface area contributed by atoms with E-state index in [0.29, 0.717) is 0 Å². The first-order valence-electron chi connectivity index (χ1n) is 6.54. The Balaban J connectivity index is 4.13. The van der Waals surface area contributed by atoms with Gasteiger partial charge in [0, 0.05) is 0 Å². The van der Waals surface area contributed by atoms with Crippen molar-refractivity contribution < 1.29 is 0 Å². The average molecular weight is 286 g/mol. The minimum absolute atomic E-state index is 1.13. The van der Waals surface area contributed by atoms with Crippen molar-refractivity contribution in [3.05, 3.63) is 0 Å². The van der Waals surface area contributed by atoms with Crippen LogP contribution in [0.25, 0.3) is 0 Å². The van der Waals surface area contributed by atoms with Gasteiger partial charge in [0.05, 0.1) is 0 Å². The summed E-state index contributed by atoms with van der Waals surface area (Å²) in [6.07, 6.45) is 0. The van der Waals surface area contributed by atoms with E-state index in [4.69, 9.17) is 0 Å². The number of likely N-dealkylation sites (N-methyl/N-ethyl adjacent to an activating group) is 2. The molecule has 0 N–H and O–H groups in total. The molecule has 0 spiro atoms. The summed E-state index contributed by atoms with van der Waals surface area (Å²) in [5.41, 5.74) is 0. The number of hydrogen-bond donors (Lipinski definition) is 0. The Morgan fingerprint density at radius 2 is 1.06 bits per heavy atom. The molecule has 0 radical (unpaired) electrons. The van der Waals surface area contributed by atoms with Crippen molar-refractivity contribution in [2.75, 3.05) is 54.4 Å². The van der Waals surface area contributed by atoms with Gasteiger partial charge in [-0.05, 0) is 0 Å². The molecule has 0 aliphatic heterocycles. The van der Waals surface area contributed by atoms with E-state index in [-0.39, 0.29) is 0 Å². The van der Waals surface area contributed by atoms with Crippen LogP contribution in [0.4, 0.5) is 0 Å². The van der Waals surface area contributed by atoms with E-state index < -0.39 is 16.5 Å². The molecule has 0 unspecified atom stereocenters. The van der Waals surface area contributed by atoms with Crippen molar-refractivity contribution in [3.8, 4) is 0 Å². The first-order chi connectivity index (χ1) is 7.51. The quantitative estimate of drug-likeness (QED) is 0.594. The van der Waals surface area contributed by atoms with E-state index in [2.05, 4.69) is 55.4 Å². The number of nitrogens with zero attached hydrogens (tertiary/aromatic N) is 3. The molecule has 0 aromatic rings. The van der Waals surface area contributed by atoms with Crippen LogP contribution in [0.3, 0.4) is 0 Å². The monoisotopic (exact) mass is 285 g/mol. The van der Waals surface area contributed by atoms with Gasteiger partial charge < -0.3 is 0 Å². The molecule has 0 saturated heterocycles. The second-order valence-electron chi connectivity index (χ2n) is 5.11.